The smallest absolute Gasteiger partial charge is 0.277 e. The Morgan fingerprint density at radius 3 is 2.83 bits per heavy atom. The third-order valence-corrected chi connectivity index (χ3v) is 7.76. The van der Waals surface area contributed by atoms with Gasteiger partial charge in [0, 0.05) is 36.3 Å². The van der Waals surface area contributed by atoms with E-state index in [1.54, 1.807) is 42.6 Å². The van der Waals surface area contributed by atoms with Crippen LogP contribution in [0.15, 0.2) is 76.4 Å². The zero-order valence-corrected chi connectivity index (χ0v) is 19.3. The lowest BCUT2D eigenvalue weighted by Crippen LogP contribution is -2.45. The Bertz CT molecular complexity index is 1520. The molecule has 180 valence electrons. The summed E-state index contributed by atoms with van der Waals surface area (Å²) >= 11 is 0. The summed E-state index contributed by atoms with van der Waals surface area (Å²) in [7, 11) is -4.09. The molecule has 0 unspecified atom stereocenters. The van der Waals surface area contributed by atoms with Crippen molar-refractivity contribution in [2.24, 2.45) is 0 Å². The molecule has 1 atom stereocenters. The number of amides is 1. The first-order chi connectivity index (χ1) is 16.8. The van der Waals surface area contributed by atoms with Crippen molar-refractivity contribution in [1.29, 1.82) is 0 Å². The quantitative estimate of drug-likeness (QED) is 0.421. The number of pyridine rings is 1. The Kier molecular flexibility index (Phi) is 6.00. The van der Waals surface area contributed by atoms with E-state index in [1.807, 2.05) is 0 Å². The molecule has 2 aromatic carbocycles. The van der Waals surface area contributed by atoms with Gasteiger partial charge in [-0.2, -0.15) is 4.31 Å². The van der Waals surface area contributed by atoms with E-state index in [0.717, 1.165) is 9.87 Å². The number of hydrogen-bond donors (Lipinski definition) is 2. The van der Waals surface area contributed by atoms with Gasteiger partial charge in [-0.25, -0.2) is 12.8 Å². The average molecular weight is 496 g/mol. The number of nitrogens with zero attached hydrogens (tertiary/aromatic N) is 2. The van der Waals surface area contributed by atoms with Crippen LogP contribution >= 0.6 is 0 Å². The third-order valence-electron chi connectivity index (χ3n) is 6.00. The monoisotopic (exact) mass is 495 g/mol. The van der Waals surface area contributed by atoms with Crippen LogP contribution in [-0.2, 0) is 21.4 Å². The highest BCUT2D eigenvalue weighted by atomic mass is 32.2. The van der Waals surface area contributed by atoms with Gasteiger partial charge in [0.25, 0.3) is 10.0 Å². The molecule has 1 saturated heterocycles. The summed E-state index contributed by atoms with van der Waals surface area (Å²) in [6.07, 6.45) is 2.48. The van der Waals surface area contributed by atoms with E-state index >= 15 is 0 Å². The average Bonchev–Trinajstić information content (AvgIpc) is 3.51. The first-order valence-electron chi connectivity index (χ1n) is 11.0. The number of nitrogens with one attached hydrogen (secondary N) is 1. The van der Waals surface area contributed by atoms with E-state index < -0.39 is 27.8 Å². The zero-order chi connectivity index (χ0) is 24.6. The number of sulfonamides is 1. The maximum Gasteiger partial charge on any atom is 0.277 e. The maximum absolute atomic E-state index is 13.5. The van der Waals surface area contributed by atoms with Crippen LogP contribution in [-0.4, -0.2) is 41.3 Å². The number of carbonyl (C=O) groups is 1. The lowest BCUT2D eigenvalue weighted by molar-refractivity contribution is -0.124. The van der Waals surface area contributed by atoms with E-state index in [9.17, 15) is 22.7 Å². The Balaban J connectivity index is 1.31. The molecule has 0 spiro atoms. The van der Waals surface area contributed by atoms with Gasteiger partial charge in [-0.15, -0.1) is 0 Å². The molecule has 1 amide bonds. The molecule has 4 aromatic rings. The van der Waals surface area contributed by atoms with E-state index in [-0.39, 0.29) is 29.5 Å². The molecule has 0 saturated carbocycles. The number of fused-ring (bicyclic) bond motifs is 1. The normalized spacial score (nSPS) is 16.5. The molecule has 1 aliphatic heterocycles. The van der Waals surface area contributed by atoms with Crippen molar-refractivity contribution in [2.75, 3.05) is 6.54 Å². The predicted octanol–water partition coefficient (Wildman–Crippen LogP) is 3.81. The van der Waals surface area contributed by atoms with E-state index in [2.05, 4.69) is 10.3 Å². The van der Waals surface area contributed by atoms with Crippen LogP contribution < -0.4 is 5.32 Å². The molecule has 35 heavy (non-hydrogen) atoms. The molecule has 0 aliphatic carbocycles. The molecule has 1 aliphatic rings. The van der Waals surface area contributed by atoms with Gasteiger partial charge < -0.3 is 14.8 Å². The number of aromatic nitrogens is 1. The van der Waals surface area contributed by atoms with Gasteiger partial charge in [-0.1, -0.05) is 12.1 Å². The molecule has 3 heterocycles. The fourth-order valence-electron chi connectivity index (χ4n) is 4.25. The van der Waals surface area contributed by atoms with Crippen molar-refractivity contribution in [3.63, 3.8) is 0 Å². The minimum atomic E-state index is -4.09. The lowest BCUT2D eigenvalue weighted by Gasteiger charge is -2.22. The Hall–Kier alpha value is -3.76. The maximum atomic E-state index is 13.5. The predicted molar refractivity (Wildman–Crippen MR) is 126 cm³/mol. The van der Waals surface area contributed by atoms with Crippen molar-refractivity contribution in [3.05, 3.63) is 78.2 Å². The van der Waals surface area contributed by atoms with E-state index in [0.29, 0.717) is 29.5 Å². The summed E-state index contributed by atoms with van der Waals surface area (Å²) < 4.78 is 46.6. The third kappa shape index (κ3) is 4.50. The van der Waals surface area contributed by atoms with Gasteiger partial charge in [0.1, 0.15) is 23.2 Å². The molecule has 2 N–H and O–H groups in total. The second kappa shape index (κ2) is 9.12. The molecule has 1 fully saturated rings. The van der Waals surface area contributed by atoms with Crippen LogP contribution in [0.2, 0.25) is 0 Å². The van der Waals surface area contributed by atoms with Crippen LogP contribution in [0, 0.1) is 5.82 Å². The standard InChI is InChI=1S/C25H22FN3O5S/c26-18-7-8-23-17(13-18)14-24(34-23)35(32,33)29-11-3-5-21(29)25(31)28-15-16-9-10-27-20(12-16)19-4-1-2-6-22(19)30/h1-2,4,6-10,12-14,21,30H,3,5,11,15H2,(H,28,31)/t21-/m0/s1. The number of rotatable bonds is 6. The van der Waals surface area contributed by atoms with Gasteiger partial charge >= 0.3 is 0 Å². The van der Waals surface area contributed by atoms with Gasteiger partial charge in [0.15, 0.2) is 0 Å². The van der Waals surface area contributed by atoms with Gasteiger partial charge in [-0.05, 0) is 60.9 Å². The van der Waals surface area contributed by atoms with Crippen molar-refractivity contribution in [2.45, 2.75) is 30.5 Å². The number of halogens is 1. The molecule has 8 nitrogen and oxygen atoms in total. The summed E-state index contributed by atoms with van der Waals surface area (Å²) in [6, 6.07) is 14.5. The van der Waals surface area contributed by atoms with Gasteiger partial charge in [0.05, 0.1) is 5.69 Å². The minimum absolute atomic E-state index is 0.0984. The summed E-state index contributed by atoms with van der Waals surface area (Å²) in [5.41, 5.74) is 2.13. The van der Waals surface area contributed by atoms with Crippen molar-refractivity contribution in [1.82, 2.24) is 14.6 Å². The zero-order valence-electron chi connectivity index (χ0n) is 18.5. The Labute approximate surface area is 201 Å². The van der Waals surface area contributed by atoms with E-state index in [4.69, 9.17) is 4.42 Å². The number of phenolic OH excluding ortho intramolecular Hbond substituents is 1. The molecule has 0 radical (unpaired) electrons. The summed E-state index contributed by atoms with van der Waals surface area (Å²) in [5.74, 6) is -0.821. The first-order valence-corrected chi connectivity index (χ1v) is 12.5. The SMILES string of the molecule is O=C(NCc1ccnc(-c2ccccc2O)c1)[C@@H]1CCCN1S(=O)(=O)c1cc2cc(F)ccc2o1. The fraction of sp³-hybridized carbons (Fsp3) is 0.200. The first kappa shape index (κ1) is 23.0. The lowest BCUT2D eigenvalue weighted by atomic mass is 10.1. The number of para-hydroxylation sites is 1. The highest BCUT2D eigenvalue weighted by molar-refractivity contribution is 7.89. The largest absolute Gasteiger partial charge is 0.507 e. The van der Waals surface area contributed by atoms with Crippen LogP contribution in [0.3, 0.4) is 0 Å². The highest BCUT2D eigenvalue weighted by Gasteiger charge is 2.41. The van der Waals surface area contributed by atoms with Gasteiger partial charge in [-0.3, -0.25) is 9.78 Å². The molecule has 2 aromatic heterocycles. The summed E-state index contributed by atoms with van der Waals surface area (Å²) in [5, 5.41) is 12.9. The molecule has 10 heteroatoms. The second-order valence-electron chi connectivity index (χ2n) is 8.31. The second-order valence-corrected chi connectivity index (χ2v) is 10.1. The van der Waals surface area contributed by atoms with Crippen molar-refractivity contribution >= 4 is 26.9 Å². The fourth-order valence-corrected chi connectivity index (χ4v) is 5.86. The molecular formula is C25H22FN3O5S. The van der Waals surface area contributed by atoms with Crippen molar-refractivity contribution < 1.29 is 27.1 Å². The van der Waals surface area contributed by atoms with Gasteiger partial charge in [0.2, 0.25) is 11.0 Å². The van der Waals surface area contributed by atoms with Crippen molar-refractivity contribution in [3.8, 4) is 17.0 Å². The summed E-state index contributed by atoms with van der Waals surface area (Å²) in [4.78, 5) is 17.3. The van der Waals surface area contributed by atoms with Crippen LogP contribution in [0.25, 0.3) is 22.2 Å². The number of hydrogen-bond acceptors (Lipinski definition) is 6. The molecular weight excluding hydrogens is 473 g/mol. The Morgan fingerprint density at radius 2 is 2.00 bits per heavy atom. The molecule has 0 bridgehead atoms. The highest BCUT2D eigenvalue weighted by Crippen LogP contribution is 2.31. The number of benzene rings is 2. The number of phenols is 1. The number of aromatic hydroxyl groups is 1. The number of carbonyl (C=O) groups excluding carboxylic acids is 1. The van der Waals surface area contributed by atoms with E-state index in [1.165, 1.54) is 24.3 Å². The van der Waals surface area contributed by atoms with Crippen LogP contribution in [0.4, 0.5) is 4.39 Å². The van der Waals surface area contributed by atoms with Crippen LogP contribution in [0.1, 0.15) is 18.4 Å². The minimum Gasteiger partial charge on any atom is -0.507 e. The topological polar surface area (TPSA) is 113 Å². The molecule has 5 rings (SSSR count). The van der Waals surface area contributed by atoms with Crippen LogP contribution in [0.5, 0.6) is 5.75 Å². The number of furan rings is 1. The summed E-state index contributed by atoms with van der Waals surface area (Å²) in [6.45, 7) is 0.342. The Morgan fingerprint density at radius 1 is 1.17 bits per heavy atom.